The molecule has 0 aliphatic carbocycles. The number of nitriles is 1. The maximum Gasteiger partial charge on any atom is 0.171 e. The van der Waals surface area contributed by atoms with Crippen LogP contribution >= 0.6 is 0 Å². The zero-order chi connectivity index (χ0) is 26.9. The number of nitrogens with zero attached hydrogens (tertiary/aromatic N) is 6. The number of pyridine rings is 1. The summed E-state index contributed by atoms with van der Waals surface area (Å²) in [4.78, 5) is 6.72. The van der Waals surface area contributed by atoms with E-state index in [1.165, 1.54) is 4.52 Å². The molecule has 0 unspecified atom stereocenters. The molecule has 3 aliphatic rings. The van der Waals surface area contributed by atoms with E-state index >= 15 is 0 Å². The fourth-order valence-corrected chi connectivity index (χ4v) is 5.95. The van der Waals surface area contributed by atoms with Gasteiger partial charge in [-0.05, 0) is 31.2 Å². The number of nitrogens with one attached hydrogen (secondary N) is 1. The molecule has 6 rings (SSSR count). The number of fused-ring (bicyclic) bond motifs is 1. The quantitative estimate of drug-likeness (QED) is 0.532. The number of rotatable bonds is 5. The first-order chi connectivity index (χ1) is 19.0. The van der Waals surface area contributed by atoms with Gasteiger partial charge in [-0.1, -0.05) is 6.07 Å². The van der Waals surface area contributed by atoms with Gasteiger partial charge in [-0.15, -0.1) is 0 Å². The Labute approximate surface area is 226 Å². The van der Waals surface area contributed by atoms with Gasteiger partial charge in [-0.3, -0.25) is 4.90 Å². The van der Waals surface area contributed by atoms with Crippen LogP contribution in [0.15, 0.2) is 36.5 Å². The number of aromatic nitrogens is 2. The van der Waals surface area contributed by atoms with Crippen LogP contribution in [0.3, 0.4) is 0 Å². The molecule has 3 aliphatic heterocycles. The molecule has 3 atom stereocenters. The van der Waals surface area contributed by atoms with Crippen molar-refractivity contribution in [2.24, 2.45) is 0 Å². The van der Waals surface area contributed by atoms with E-state index in [0.717, 1.165) is 51.2 Å². The van der Waals surface area contributed by atoms with E-state index in [9.17, 15) is 14.0 Å². The number of piperazine rings is 1. The standard InChI is InChI=1S/C28H33F2N7O2/c1-19-16-36(26-5-3-21(13-31)37-28(26)25(30)14-33-37)18-22(39-19)17-34-7-9-35(10-8-34)20-2-4-23(24(29)12-20)27-15-32-6-11-38-27/h2-5,12,14,19,22,27,32H,6-11,15-18H2,1H3/t19-,22+,27+/m1/s1. The van der Waals surface area contributed by atoms with Gasteiger partial charge in [-0.25, -0.2) is 13.3 Å². The molecule has 0 bridgehead atoms. The lowest BCUT2D eigenvalue weighted by molar-refractivity contribution is -0.0327. The van der Waals surface area contributed by atoms with Crippen LogP contribution in [0.5, 0.6) is 0 Å². The molecule has 0 spiro atoms. The number of morpholine rings is 2. The summed E-state index contributed by atoms with van der Waals surface area (Å²) in [6.45, 7) is 9.30. The molecular formula is C28H33F2N7O2. The first-order valence-corrected chi connectivity index (χ1v) is 13.6. The topological polar surface area (TPSA) is 81.3 Å². The Morgan fingerprint density at radius 3 is 2.67 bits per heavy atom. The minimum atomic E-state index is -0.443. The Morgan fingerprint density at radius 1 is 1.08 bits per heavy atom. The van der Waals surface area contributed by atoms with Crippen molar-refractivity contribution >= 4 is 16.9 Å². The molecule has 1 N–H and O–H groups in total. The fraction of sp³-hybridized carbons (Fsp3) is 0.500. The first-order valence-electron chi connectivity index (χ1n) is 13.6. The van der Waals surface area contributed by atoms with Crippen molar-refractivity contribution in [3.05, 3.63) is 59.4 Å². The largest absolute Gasteiger partial charge is 0.371 e. The minimum absolute atomic E-state index is 0.0310. The maximum absolute atomic E-state index is 14.9. The molecular weight excluding hydrogens is 504 g/mol. The second-order valence-electron chi connectivity index (χ2n) is 10.5. The van der Waals surface area contributed by atoms with Gasteiger partial charge in [0.15, 0.2) is 5.82 Å². The SMILES string of the molecule is C[C@@H]1CN(c2ccc(C#N)n3ncc(F)c23)C[C@H](CN2CCN(c3ccc([C@@H]4CNCCO4)c(F)c3)CC2)O1. The van der Waals surface area contributed by atoms with E-state index < -0.39 is 5.82 Å². The second-order valence-corrected chi connectivity index (χ2v) is 10.5. The number of hydrogen-bond acceptors (Lipinski definition) is 8. The normalized spacial score (nSPS) is 24.7. The fourth-order valence-electron chi connectivity index (χ4n) is 5.95. The summed E-state index contributed by atoms with van der Waals surface area (Å²) in [5, 5.41) is 16.7. The summed E-state index contributed by atoms with van der Waals surface area (Å²) in [6.07, 6.45) is 0.827. The molecule has 2 aromatic heterocycles. The van der Waals surface area contributed by atoms with E-state index in [4.69, 9.17) is 9.47 Å². The number of ether oxygens (including phenoxy) is 2. The van der Waals surface area contributed by atoms with Crippen LogP contribution in [0.1, 0.15) is 24.3 Å². The van der Waals surface area contributed by atoms with E-state index in [2.05, 4.69) is 31.2 Å². The van der Waals surface area contributed by atoms with Crippen LogP contribution in [-0.4, -0.2) is 92.2 Å². The first kappa shape index (κ1) is 26.0. The minimum Gasteiger partial charge on any atom is -0.371 e. The summed E-state index contributed by atoms with van der Waals surface area (Å²) >= 11 is 0. The van der Waals surface area contributed by atoms with Crippen molar-refractivity contribution in [2.45, 2.75) is 25.2 Å². The molecule has 0 saturated carbocycles. The summed E-state index contributed by atoms with van der Waals surface area (Å²) in [7, 11) is 0. The lowest BCUT2D eigenvalue weighted by Crippen LogP contribution is -2.54. The van der Waals surface area contributed by atoms with Gasteiger partial charge in [0, 0.05) is 70.2 Å². The van der Waals surface area contributed by atoms with Crippen molar-refractivity contribution < 1.29 is 18.3 Å². The molecule has 3 fully saturated rings. The lowest BCUT2D eigenvalue weighted by Gasteiger charge is -2.42. The van der Waals surface area contributed by atoms with E-state index in [0.29, 0.717) is 48.7 Å². The van der Waals surface area contributed by atoms with Crippen LogP contribution in [0.25, 0.3) is 5.52 Å². The van der Waals surface area contributed by atoms with Gasteiger partial charge >= 0.3 is 0 Å². The molecule has 39 heavy (non-hydrogen) atoms. The Bertz CT molecular complexity index is 1360. The van der Waals surface area contributed by atoms with Crippen LogP contribution < -0.4 is 15.1 Å². The predicted molar refractivity (Wildman–Crippen MR) is 143 cm³/mol. The highest BCUT2D eigenvalue weighted by Crippen LogP contribution is 2.29. The third-order valence-corrected chi connectivity index (χ3v) is 7.83. The van der Waals surface area contributed by atoms with Crippen molar-refractivity contribution in [3.8, 4) is 6.07 Å². The monoisotopic (exact) mass is 537 g/mol. The summed E-state index contributed by atoms with van der Waals surface area (Å²) in [6, 6.07) is 11.0. The van der Waals surface area contributed by atoms with Gasteiger partial charge in [0.2, 0.25) is 0 Å². The Morgan fingerprint density at radius 2 is 1.92 bits per heavy atom. The molecule has 0 radical (unpaired) electrons. The van der Waals surface area contributed by atoms with Crippen LogP contribution in [0.2, 0.25) is 0 Å². The van der Waals surface area contributed by atoms with Crippen LogP contribution in [-0.2, 0) is 9.47 Å². The highest BCUT2D eigenvalue weighted by Gasteiger charge is 2.30. The Hall–Kier alpha value is -3.30. The second kappa shape index (κ2) is 11.1. The molecule has 3 saturated heterocycles. The number of halogens is 2. The molecule has 5 heterocycles. The van der Waals surface area contributed by atoms with Gasteiger partial charge in [-0.2, -0.15) is 10.4 Å². The summed E-state index contributed by atoms with van der Waals surface area (Å²) in [5.74, 6) is -0.666. The van der Waals surface area contributed by atoms with Gasteiger partial charge in [0.05, 0.1) is 36.8 Å². The molecule has 11 heteroatoms. The molecule has 206 valence electrons. The van der Waals surface area contributed by atoms with Crippen molar-refractivity contribution in [2.75, 3.05) is 75.3 Å². The number of benzene rings is 1. The molecule has 3 aromatic rings. The lowest BCUT2D eigenvalue weighted by atomic mass is 10.1. The number of anilines is 2. The van der Waals surface area contributed by atoms with Gasteiger partial charge < -0.3 is 24.6 Å². The molecule has 0 amide bonds. The van der Waals surface area contributed by atoms with E-state index in [1.54, 1.807) is 18.2 Å². The zero-order valence-corrected chi connectivity index (χ0v) is 22.0. The average molecular weight is 538 g/mol. The van der Waals surface area contributed by atoms with Crippen molar-refractivity contribution in [1.82, 2.24) is 19.8 Å². The third-order valence-electron chi connectivity index (χ3n) is 7.83. The van der Waals surface area contributed by atoms with Gasteiger partial charge in [0.25, 0.3) is 0 Å². The summed E-state index contributed by atoms with van der Waals surface area (Å²) in [5.41, 5.74) is 2.82. The summed E-state index contributed by atoms with van der Waals surface area (Å²) < 4.78 is 43.0. The average Bonchev–Trinajstić information content (AvgIpc) is 3.34. The maximum atomic E-state index is 14.9. The zero-order valence-electron chi connectivity index (χ0n) is 22.0. The van der Waals surface area contributed by atoms with E-state index in [1.807, 2.05) is 19.1 Å². The smallest absolute Gasteiger partial charge is 0.171 e. The van der Waals surface area contributed by atoms with Crippen LogP contribution in [0.4, 0.5) is 20.2 Å². The molecule has 1 aromatic carbocycles. The van der Waals surface area contributed by atoms with E-state index in [-0.39, 0.29) is 24.1 Å². The number of hydrogen-bond donors (Lipinski definition) is 1. The van der Waals surface area contributed by atoms with Gasteiger partial charge in [0.1, 0.15) is 23.1 Å². The Balaban J connectivity index is 1.08. The predicted octanol–water partition coefficient (Wildman–Crippen LogP) is 2.56. The third kappa shape index (κ3) is 5.30. The Kier molecular flexibility index (Phi) is 7.36. The highest BCUT2D eigenvalue weighted by molar-refractivity contribution is 5.74. The highest BCUT2D eigenvalue weighted by atomic mass is 19.1. The van der Waals surface area contributed by atoms with Crippen molar-refractivity contribution in [3.63, 3.8) is 0 Å². The van der Waals surface area contributed by atoms with Crippen LogP contribution in [0, 0.1) is 23.0 Å². The van der Waals surface area contributed by atoms with Crippen molar-refractivity contribution in [1.29, 1.82) is 5.26 Å². The molecule has 9 nitrogen and oxygen atoms in total.